The number of carbonyl (C=O) groups is 1. The minimum Gasteiger partial charge on any atom is -0.482 e. The first-order chi connectivity index (χ1) is 8.60. The fourth-order valence-electron chi connectivity index (χ4n) is 1.71. The Hall–Kier alpha value is -0.970. The Bertz CT molecular complexity index is 447. The van der Waals surface area contributed by atoms with Gasteiger partial charge in [-0.1, -0.05) is 23.2 Å². The summed E-state index contributed by atoms with van der Waals surface area (Å²) in [4.78, 5) is 13.3. The molecule has 1 N–H and O–H groups in total. The number of carbonyl (C=O) groups excluding carboxylic acids is 1. The standard InChI is InChI=1S/C12H13Cl2NO3/c13-9-1-2-11(10(14)3-9)18-7-12(17)15-4-8(5-15)6-16/h1-3,8,16H,4-7H2. The number of likely N-dealkylation sites (tertiary alicyclic amines) is 1. The Morgan fingerprint density at radius 1 is 1.44 bits per heavy atom. The van der Waals surface area contributed by atoms with Crippen LogP contribution in [0.2, 0.25) is 10.0 Å². The molecule has 1 saturated heterocycles. The highest BCUT2D eigenvalue weighted by atomic mass is 35.5. The summed E-state index contributed by atoms with van der Waals surface area (Å²) in [7, 11) is 0. The summed E-state index contributed by atoms with van der Waals surface area (Å²) in [5.74, 6) is 0.535. The lowest BCUT2D eigenvalue weighted by Gasteiger charge is -2.38. The van der Waals surface area contributed by atoms with Gasteiger partial charge in [0.2, 0.25) is 0 Å². The van der Waals surface area contributed by atoms with Crippen molar-refractivity contribution in [2.45, 2.75) is 0 Å². The predicted octanol–water partition coefficient (Wildman–Crippen LogP) is 1.82. The zero-order chi connectivity index (χ0) is 13.1. The van der Waals surface area contributed by atoms with Crippen molar-refractivity contribution in [3.05, 3.63) is 28.2 Å². The van der Waals surface area contributed by atoms with Crippen LogP contribution in [0.5, 0.6) is 5.75 Å². The molecular formula is C12H13Cl2NO3. The third-order valence-electron chi connectivity index (χ3n) is 2.81. The molecule has 1 heterocycles. The number of nitrogens with zero attached hydrogens (tertiary/aromatic N) is 1. The summed E-state index contributed by atoms with van der Waals surface area (Å²) in [6.07, 6.45) is 0. The summed E-state index contributed by atoms with van der Waals surface area (Å²) in [6, 6.07) is 4.84. The van der Waals surface area contributed by atoms with E-state index >= 15 is 0 Å². The van der Waals surface area contributed by atoms with Crippen molar-refractivity contribution in [1.29, 1.82) is 0 Å². The maximum absolute atomic E-state index is 11.7. The first-order valence-corrected chi connectivity index (χ1v) is 6.32. The van der Waals surface area contributed by atoms with Gasteiger partial charge in [0.25, 0.3) is 5.91 Å². The minimum absolute atomic E-state index is 0.0561. The molecule has 0 unspecified atom stereocenters. The minimum atomic E-state index is -0.106. The van der Waals surface area contributed by atoms with E-state index in [1.807, 2.05) is 0 Å². The van der Waals surface area contributed by atoms with E-state index in [-0.39, 0.29) is 25.0 Å². The second kappa shape index (κ2) is 5.78. The lowest BCUT2D eigenvalue weighted by Crippen LogP contribution is -2.52. The lowest BCUT2D eigenvalue weighted by atomic mass is 10.0. The van der Waals surface area contributed by atoms with Gasteiger partial charge >= 0.3 is 0 Å². The van der Waals surface area contributed by atoms with E-state index in [9.17, 15) is 4.79 Å². The van der Waals surface area contributed by atoms with Crippen molar-refractivity contribution in [2.24, 2.45) is 5.92 Å². The molecule has 6 heteroatoms. The molecule has 0 aromatic heterocycles. The highest BCUT2D eigenvalue weighted by molar-refractivity contribution is 6.35. The maximum Gasteiger partial charge on any atom is 0.260 e. The van der Waals surface area contributed by atoms with Gasteiger partial charge in [-0.3, -0.25) is 4.79 Å². The van der Waals surface area contributed by atoms with E-state index in [0.717, 1.165) is 0 Å². The Morgan fingerprint density at radius 2 is 2.17 bits per heavy atom. The Morgan fingerprint density at radius 3 is 2.78 bits per heavy atom. The SMILES string of the molecule is O=C(COc1ccc(Cl)cc1Cl)N1CC(CO)C1. The number of rotatable bonds is 4. The fraction of sp³-hybridized carbons (Fsp3) is 0.417. The largest absolute Gasteiger partial charge is 0.482 e. The van der Waals surface area contributed by atoms with Gasteiger partial charge in [-0.15, -0.1) is 0 Å². The molecule has 1 aliphatic heterocycles. The quantitative estimate of drug-likeness (QED) is 0.920. The molecule has 1 aliphatic rings. The number of hydrogen-bond acceptors (Lipinski definition) is 3. The van der Waals surface area contributed by atoms with Gasteiger partial charge in [-0.25, -0.2) is 0 Å². The lowest BCUT2D eigenvalue weighted by molar-refractivity contribution is -0.140. The number of amides is 1. The maximum atomic E-state index is 11.7. The second-order valence-corrected chi connectivity index (χ2v) is 5.05. The molecule has 0 aliphatic carbocycles. The zero-order valence-corrected chi connectivity index (χ0v) is 11.1. The van der Waals surface area contributed by atoms with Crippen LogP contribution in [0.1, 0.15) is 0 Å². The van der Waals surface area contributed by atoms with Gasteiger partial charge in [0.15, 0.2) is 6.61 Å². The highest BCUT2D eigenvalue weighted by Crippen LogP contribution is 2.27. The number of aliphatic hydroxyl groups is 1. The van der Waals surface area contributed by atoms with Crippen LogP contribution >= 0.6 is 23.2 Å². The molecule has 0 saturated carbocycles. The van der Waals surface area contributed by atoms with Gasteiger partial charge in [0.1, 0.15) is 5.75 Å². The summed E-state index contributed by atoms with van der Waals surface area (Å²) in [5, 5.41) is 9.76. The molecule has 98 valence electrons. The Balaban J connectivity index is 1.83. The predicted molar refractivity (Wildman–Crippen MR) is 69.1 cm³/mol. The molecule has 4 nitrogen and oxygen atoms in total. The highest BCUT2D eigenvalue weighted by Gasteiger charge is 2.29. The molecule has 1 aromatic carbocycles. The molecule has 0 atom stereocenters. The van der Waals surface area contributed by atoms with Crippen LogP contribution in [-0.4, -0.2) is 42.2 Å². The molecule has 1 amide bonds. The Labute approximate surface area is 115 Å². The normalized spacial score (nSPS) is 15.4. The van der Waals surface area contributed by atoms with Crippen molar-refractivity contribution >= 4 is 29.1 Å². The smallest absolute Gasteiger partial charge is 0.260 e. The van der Waals surface area contributed by atoms with E-state index in [1.54, 1.807) is 23.1 Å². The number of ether oxygens (including phenoxy) is 1. The van der Waals surface area contributed by atoms with E-state index in [2.05, 4.69) is 0 Å². The molecule has 0 bridgehead atoms. The van der Waals surface area contributed by atoms with Crippen LogP contribution in [0.3, 0.4) is 0 Å². The fourth-order valence-corrected chi connectivity index (χ4v) is 2.18. The van der Waals surface area contributed by atoms with Crippen molar-refractivity contribution < 1.29 is 14.6 Å². The van der Waals surface area contributed by atoms with Crippen LogP contribution in [-0.2, 0) is 4.79 Å². The van der Waals surface area contributed by atoms with Crippen molar-refractivity contribution in [3.63, 3.8) is 0 Å². The monoisotopic (exact) mass is 289 g/mol. The van der Waals surface area contributed by atoms with Gasteiger partial charge < -0.3 is 14.7 Å². The number of hydrogen-bond donors (Lipinski definition) is 1. The summed E-state index contributed by atoms with van der Waals surface area (Å²) in [6.45, 7) is 1.24. The van der Waals surface area contributed by atoms with Crippen LogP contribution in [0.25, 0.3) is 0 Å². The topological polar surface area (TPSA) is 49.8 Å². The third kappa shape index (κ3) is 3.07. The van der Waals surface area contributed by atoms with Crippen LogP contribution in [0, 0.1) is 5.92 Å². The van der Waals surface area contributed by atoms with Crippen molar-refractivity contribution in [1.82, 2.24) is 4.90 Å². The first-order valence-electron chi connectivity index (χ1n) is 5.56. The van der Waals surface area contributed by atoms with Crippen molar-refractivity contribution in [2.75, 3.05) is 26.3 Å². The van der Waals surface area contributed by atoms with E-state index in [0.29, 0.717) is 28.9 Å². The van der Waals surface area contributed by atoms with Crippen molar-refractivity contribution in [3.8, 4) is 5.75 Å². The molecule has 2 rings (SSSR count). The molecule has 1 fully saturated rings. The second-order valence-electron chi connectivity index (χ2n) is 4.21. The molecular weight excluding hydrogens is 277 g/mol. The van der Waals surface area contributed by atoms with Gasteiger partial charge in [-0.2, -0.15) is 0 Å². The van der Waals surface area contributed by atoms with E-state index < -0.39 is 0 Å². The first kappa shape index (κ1) is 13.5. The van der Waals surface area contributed by atoms with Gasteiger partial charge in [-0.05, 0) is 18.2 Å². The summed E-state index contributed by atoms with van der Waals surface area (Å²) in [5.41, 5.74) is 0. The number of halogens is 2. The van der Waals surface area contributed by atoms with Crippen LogP contribution in [0.4, 0.5) is 0 Å². The summed E-state index contributed by atoms with van der Waals surface area (Å²) < 4.78 is 5.34. The molecule has 18 heavy (non-hydrogen) atoms. The number of aliphatic hydroxyl groups excluding tert-OH is 1. The van der Waals surface area contributed by atoms with Crippen LogP contribution < -0.4 is 4.74 Å². The molecule has 1 aromatic rings. The Kier molecular flexibility index (Phi) is 4.32. The number of benzene rings is 1. The van der Waals surface area contributed by atoms with Gasteiger partial charge in [0.05, 0.1) is 5.02 Å². The zero-order valence-electron chi connectivity index (χ0n) is 9.60. The van der Waals surface area contributed by atoms with E-state index in [4.69, 9.17) is 33.0 Å². The average molecular weight is 290 g/mol. The van der Waals surface area contributed by atoms with Crippen LogP contribution in [0.15, 0.2) is 18.2 Å². The average Bonchev–Trinajstić information content (AvgIpc) is 2.26. The third-order valence-corrected chi connectivity index (χ3v) is 3.34. The van der Waals surface area contributed by atoms with E-state index in [1.165, 1.54) is 0 Å². The molecule has 0 radical (unpaired) electrons. The van der Waals surface area contributed by atoms with Gasteiger partial charge in [0, 0.05) is 30.6 Å². The molecule has 0 spiro atoms. The summed E-state index contributed by atoms with van der Waals surface area (Å²) >= 11 is 11.7.